The van der Waals surface area contributed by atoms with Gasteiger partial charge in [0.05, 0.1) is 5.56 Å². The summed E-state index contributed by atoms with van der Waals surface area (Å²) in [6.45, 7) is 0.307. The molecule has 1 rings (SSSR count). The fourth-order valence-electron chi connectivity index (χ4n) is 1.16. The monoisotopic (exact) mass is 211 g/mol. The molecule has 1 aromatic carbocycles. The standard InChI is InChI=1S/C10H13NO4/c12-9(13)5-6-11-8-4-2-1-3-7(8)10(14)15/h1-4,9,11-13H,5-6H2,(H,14,15). The van der Waals surface area contributed by atoms with Crippen LogP contribution < -0.4 is 5.32 Å². The van der Waals surface area contributed by atoms with Gasteiger partial charge in [0.25, 0.3) is 0 Å². The Bertz CT molecular complexity index is 338. The van der Waals surface area contributed by atoms with Gasteiger partial charge in [0.2, 0.25) is 0 Å². The van der Waals surface area contributed by atoms with E-state index in [-0.39, 0.29) is 12.0 Å². The third kappa shape index (κ3) is 3.57. The molecular weight excluding hydrogens is 198 g/mol. The zero-order valence-corrected chi connectivity index (χ0v) is 8.05. The van der Waals surface area contributed by atoms with E-state index < -0.39 is 12.3 Å². The lowest BCUT2D eigenvalue weighted by atomic mass is 10.2. The first kappa shape index (κ1) is 11.5. The maximum atomic E-state index is 10.8. The Hall–Kier alpha value is -1.59. The normalized spacial score (nSPS) is 10.3. The second-order valence-electron chi connectivity index (χ2n) is 3.05. The van der Waals surface area contributed by atoms with Crippen molar-refractivity contribution in [1.82, 2.24) is 0 Å². The van der Waals surface area contributed by atoms with Crippen LogP contribution in [0.25, 0.3) is 0 Å². The second-order valence-corrected chi connectivity index (χ2v) is 3.05. The predicted molar refractivity (Wildman–Crippen MR) is 54.7 cm³/mol. The number of aromatic carboxylic acids is 1. The molecule has 0 heterocycles. The van der Waals surface area contributed by atoms with Crippen LogP contribution in [-0.4, -0.2) is 34.1 Å². The summed E-state index contributed by atoms with van der Waals surface area (Å²) in [5.74, 6) is -1.01. The number of rotatable bonds is 5. The number of nitrogens with one attached hydrogen (secondary N) is 1. The highest BCUT2D eigenvalue weighted by atomic mass is 16.5. The van der Waals surface area contributed by atoms with Crippen molar-refractivity contribution >= 4 is 11.7 Å². The summed E-state index contributed by atoms with van der Waals surface area (Å²) in [4.78, 5) is 10.8. The number of aliphatic hydroxyl groups is 2. The molecule has 5 nitrogen and oxygen atoms in total. The summed E-state index contributed by atoms with van der Waals surface area (Å²) in [5.41, 5.74) is 0.649. The molecule has 1 aromatic rings. The van der Waals surface area contributed by atoms with Crippen molar-refractivity contribution in [3.8, 4) is 0 Å². The molecular formula is C10H13NO4. The van der Waals surface area contributed by atoms with Gasteiger partial charge in [-0.2, -0.15) is 0 Å². The Kier molecular flexibility index (Phi) is 4.08. The number of benzene rings is 1. The first-order valence-corrected chi connectivity index (χ1v) is 4.53. The molecule has 0 bridgehead atoms. The Morgan fingerprint density at radius 3 is 2.60 bits per heavy atom. The van der Waals surface area contributed by atoms with E-state index in [1.54, 1.807) is 18.2 Å². The van der Waals surface area contributed by atoms with Gasteiger partial charge in [-0.25, -0.2) is 4.79 Å². The summed E-state index contributed by atoms with van der Waals surface area (Å²) < 4.78 is 0. The van der Waals surface area contributed by atoms with E-state index in [9.17, 15) is 4.79 Å². The molecule has 0 amide bonds. The zero-order chi connectivity index (χ0) is 11.3. The smallest absolute Gasteiger partial charge is 0.337 e. The minimum atomic E-state index is -1.38. The van der Waals surface area contributed by atoms with Crippen LogP contribution in [0.2, 0.25) is 0 Å². The van der Waals surface area contributed by atoms with Crippen LogP contribution in [0.4, 0.5) is 5.69 Å². The van der Waals surface area contributed by atoms with Crippen LogP contribution in [0.3, 0.4) is 0 Å². The van der Waals surface area contributed by atoms with E-state index in [2.05, 4.69) is 5.32 Å². The third-order valence-corrected chi connectivity index (χ3v) is 1.88. The van der Waals surface area contributed by atoms with Gasteiger partial charge >= 0.3 is 5.97 Å². The highest BCUT2D eigenvalue weighted by Crippen LogP contribution is 2.14. The lowest BCUT2D eigenvalue weighted by molar-refractivity contribution is -0.0423. The van der Waals surface area contributed by atoms with Crippen molar-refractivity contribution in [3.05, 3.63) is 29.8 Å². The fraction of sp³-hybridized carbons (Fsp3) is 0.300. The van der Waals surface area contributed by atoms with Crippen molar-refractivity contribution < 1.29 is 20.1 Å². The highest BCUT2D eigenvalue weighted by Gasteiger charge is 2.08. The van der Waals surface area contributed by atoms with Gasteiger partial charge in [-0.1, -0.05) is 12.1 Å². The minimum absolute atomic E-state index is 0.147. The van der Waals surface area contributed by atoms with Crippen LogP contribution in [0, 0.1) is 0 Å². The summed E-state index contributed by atoms with van der Waals surface area (Å²) >= 11 is 0. The molecule has 0 aliphatic heterocycles. The largest absolute Gasteiger partial charge is 0.478 e. The van der Waals surface area contributed by atoms with Gasteiger partial charge in [0, 0.05) is 18.7 Å². The number of carbonyl (C=O) groups is 1. The summed E-state index contributed by atoms with van der Waals surface area (Å²) in [5, 5.41) is 28.9. The molecule has 0 aliphatic carbocycles. The quantitative estimate of drug-likeness (QED) is 0.532. The molecule has 0 atom stereocenters. The highest BCUT2D eigenvalue weighted by molar-refractivity contribution is 5.94. The number of carboxylic acids is 1. The van der Waals surface area contributed by atoms with Gasteiger partial charge in [0.15, 0.2) is 6.29 Å². The zero-order valence-electron chi connectivity index (χ0n) is 8.05. The molecule has 0 radical (unpaired) electrons. The van der Waals surface area contributed by atoms with E-state index in [4.69, 9.17) is 15.3 Å². The Morgan fingerprint density at radius 1 is 1.33 bits per heavy atom. The average molecular weight is 211 g/mol. The van der Waals surface area contributed by atoms with E-state index in [0.29, 0.717) is 12.2 Å². The molecule has 0 aliphatic rings. The van der Waals surface area contributed by atoms with Crippen molar-refractivity contribution in [3.63, 3.8) is 0 Å². The maximum Gasteiger partial charge on any atom is 0.337 e. The van der Waals surface area contributed by atoms with E-state index in [0.717, 1.165) is 0 Å². The predicted octanol–water partition coefficient (Wildman–Crippen LogP) is 0.497. The van der Waals surface area contributed by atoms with E-state index in [1.807, 2.05) is 0 Å². The average Bonchev–Trinajstić information content (AvgIpc) is 2.17. The van der Waals surface area contributed by atoms with Crippen molar-refractivity contribution in [2.24, 2.45) is 0 Å². The Morgan fingerprint density at radius 2 is 2.00 bits per heavy atom. The topological polar surface area (TPSA) is 89.8 Å². The number of carboxylic acid groups (broad SMARTS) is 1. The first-order valence-electron chi connectivity index (χ1n) is 4.53. The minimum Gasteiger partial charge on any atom is -0.478 e. The van der Waals surface area contributed by atoms with Crippen molar-refractivity contribution in [2.75, 3.05) is 11.9 Å². The summed E-state index contributed by atoms with van der Waals surface area (Å²) in [7, 11) is 0. The number of hydrogen-bond donors (Lipinski definition) is 4. The van der Waals surface area contributed by atoms with Crippen LogP contribution >= 0.6 is 0 Å². The molecule has 4 N–H and O–H groups in total. The second kappa shape index (κ2) is 5.33. The van der Waals surface area contributed by atoms with Crippen LogP contribution in [-0.2, 0) is 0 Å². The van der Waals surface area contributed by atoms with Gasteiger partial charge in [-0.15, -0.1) is 0 Å². The molecule has 0 fully saturated rings. The maximum absolute atomic E-state index is 10.8. The van der Waals surface area contributed by atoms with Crippen LogP contribution in [0.1, 0.15) is 16.8 Å². The van der Waals surface area contributed by atoms with E-state index in [1.165, 1.54) is 6.07 Å². The van der Waals surface area contributed by atoms with Gasteiger partial charge in [-0.3, -0.25) is 0 Å². The molecule has 0 spiro atoms. The molecule has 0 saturated carbocycles. The number of para-hydroxylation sites is 1. The molecule has 0 aromatic heterocycles. The lowest BCUT2D eigenvalue weighted by Gasteiger charge is -2.09. The number of anilines is 1. The van der Waals surface area contributed by atoms with Crippen LogP contribution in [0.5, 0.6) is 0 Å². The third-order valence-electron chi connectivity index (χ3n) is 1.88. The Labute approximate surface area is 87.0 Å². The Balaban J connectivity index is 2.63. The van der Waals surface area contributed by atoms with Crippen LogP contribution in [0.15, 0.2) is 24.3 Å². The number of aliphatic hydroxyl groups excluding tert-OH is 1. The van der Waals surface area contributed by atoms with E-state index >= 15 is 0 Å². The van der Waals surface area contributed by atoms with Crippen molar-refractivity contribution in [1.29, 1.82) is 0 Å². The molecule has 0 unspecified atom stereocenters. The summed E-state index contributed by atoms with van der Waals surface area (Å²) in [6.07, 6.45) is -1.23. The fourth-order valence-corrected chi connectivity index (χ4v) is 1.16. The number of hydrogen-bond acceptors (Lipinski definition) is 4. The first-order chi connectivity index (χ1) is 7.11. The lowest BCUT2D eigenvalue weighted by Crippen LogP contribution is -2.13. The molecule has 0 saturated heterocycles. The van der Waals surface area contributed by atoms with Gasteiger partial charge in [0.1, 0.15) is 0 Å². The van der Waals surface area contributed by atoms with Crippen molar-refractivity contribution in [2.45, 2.75) is 12.7 Å². The summed E-state index contributed by atoms with van der Waals surface area (Å²) in [6, 6.07) is 6.47. The SMILES string of the molecule is O=C(O)c1ccccc1NCCC(O)O. The molecule has 5 heteroatoms. The molecule has 82 valence electrons. The van der Waals surface area contributed by atoms with Gasteiger partial charge < -0.3 is 20.6 Å². The van der Waals surface area contributed by atoms with Gasteiger partial charge in [-0.05, 0) is 12.1 Å². The molecule has 15 heavy (non-hydrogen) atoms.